The number of methoxy groups -OCH3 is 1. The maximum atomic E-state index is 11.7. The second-order valence-corrected chi connectivity index (χ2v) is 4.45. The molecule has 0 atom stereocenters. The van der Waals surface area contributed by atoms with Crippen molar-refractivity contribution in [1.82, 2.24) is 4.90 Å². The molecule has 0 saturated carbocycles. The molecule has 0 aliphatic rings. The minimum atomic E-state index is -0.546. The van der Waals surface area contributed by atoms with Crippen LogP contribution in [0, 0.1) is 6.92 Å². The summed E-state index contributed by atoms with van der Waals surface area (Å²) in [6.45, 7) is 1.57. The van der Waals surface area contributed by atoms with Gasteiger partial charge >= 0.3 is 5.97 Å². The second kappa shape index (κ2) is 4.52. The summed E-state index contributed by atoms with van der Waals surface area (Å²) in [7, 11) is 4.41. The van der Waals surface area contributed by atoms with E-state index in [0.29, 0.717) is 5.56 Å². The highest BCUT2D eigenvalue weighted by molar-refractivity contribution is 7.16. The van der Waals surface area contributed by atoms with E-state index in [2.05, 4.69) is 4.74 Å². The van der Waals surface area contributed by atoms with Crippen LogP contribution in [0.1, 0.15) is 24.9 Å². The first kappa shape index (κ1) is 12.5. The Bertz CT molecular complexity index is 436. The van der Waals surface area contributed by atoms with Crippen LogP contribution in [-0.2, 0) is 4.74 Å². The molecule has 0 spiro atoms. The van der Waals surface area contributed by atoms with E-state index in [1.807, 2.05) is 0 Å². The zero-order valence-corrected chi connectivity index (χ0v) is 10.3. The Kier molecular flexibility index (Phi) is 3.54. The molecule has 1 aromatic rings. The third-order valence-corrected chi connectivity index (χ3v) is 3.34. The normalized spacial score (nSPS) is 10.0. The van der Waals surface area contributed by atoms with E-state index in [1.165, 1.54) is 12.0 Å². The molecule has 0 unspecified atom stereocenters. The molecule has 5 nitrogen and oxygen atoms in total. The van der Waals surface area contributed by atoms with Crippen LogP contribution in [0.5, 0.6) is 5.75 Å². The molecular weight excluding hydrogens is 230 g/mol. The third kappa shape index (κ3) is 2.01. The third-order valence-electron chi connectivity index (χ3n) is 2.09. The average molecular weight is 243 g/mol. The summed E-state index contributed by atoms with van der Waals surface area (Å²) in [6, 6.07) is 0. The lowest BCUT2D eigenvalue weighted by Gasteiger charge is -2.07. The smallest absolute Gasteiger partial charge is 0.348 e. The minimum absolute atomic E-state index is 0.149. The van der Waals surface area contributed by atoms with E-state index < -0.39 is 5.97 Å². The van der Waals surface area contributed by atoms with Crippen molar-refractivity contribution in [2.75, 3.05) is 21.2 Å². The molecule has 1 amide bonds. The van der Waals surface area contributed by atoms with Gasteiger partial charge in [0.15, 0.2) is 0 Å². The molecule has 0 aromatic carbocycles. The molecule has 1 N–H and O–H groups in total. The van der Waals surface area contributed by atoms with Crippen molar-refractivity contribution in [1.29, 1.82) is 0 Å². The number of thiophene rings is 1. The molecule has 6 heteroatoms. The minimum Gasteiger partial charge on any atom is -0.506 e. The number of carbonyl (C=O) groups excluding carboxylic acids is 2. The van der Waals surface area contributed by atoms with Crippen molar-refractivity contribution in [3.8, 4) is 5.75 Å². The Balaban J connectivity index is 3.25. The van der Waals surface area contributed by atoms with E-state index in [9.17, 15) is 14.7 Å². The highest BCUT2D eigenvalue weighted by Crippen LogP contribution is 2.34. The molecule has 1 rings (SSSR count). The first-order valence-corrected chi connectivity index (χ1v) is 5.34. The fraction of sp³-hybridized carbons (Fsp3) is 0.400. The molecular formula is C10H13NO4S. The maximum Gasteiger partial charge on any atom is 0.348 e. The number of nitrogens with zero attached hydrogens (tertiary/aromatic N) is 1. The highest BCUT2D eigenvalue weighted by Gasteiger charge is 2.24. The summed E-state index contributed by atoms with van der Waals surface area (Å²) < 4.78 is 4.56. The average Bonchev–Trinajstić information content (AvgIpc) is 2.54. The number of amides is 1. The predicted octanol–water partition coefficient (Wildman–Crippen LogP) is 1.25. The summed E-state index contributed by atoms with van der Waals surface area (Å²) in [4.78, 5) is 24.8. The Morgan fingerprint density at radius 3 is 2.31 bits per heavy atom. The first-order valence-electron chi connectivity index (χ1n) is 4.52. The van der Waals surface area contributed by atoms with Gasteiger partial charge in [0, 0.05) is 19.7 Å². The number of carbonyl (C=O) groups is 2. The van der Waals surface area contributed by atoms with Gasteiger partial charge < -0.3 is 14.7 Å². The molecule has 0 aliphatic heterocycles. The number of ether oxygens (including phenoxy) is 1. The van der Waals surface area contributed by atoms with Crippen LogP contribution < -0.4 is 0 Å². The molecule has 0 aliphatic carbocycles. The lowest BCUT2D eigenvalue weighted by atomic mass is 10.2. The van der Waals surface area contributed by atoms with Crippen LogP contribution in [-0.4, -0.2) is 43.1 Å². The van der Waals surface area contributed by atoms with Gasteiger partial charge in [-0.1, -0.05) is 0 Å². The van der Waals surface area contributed by atoms with E-state index in [1.54, 1.807) is 21.0 Å². The zero-order valence-electron chi connectivity index (χ0n) is 9.53. The first-order chi connectivity index (χ1) is 7.40. The van der Waals surface area contributed by atoms with E-state index >= 15 is 0 Å². The quantitative estimate of drug-likeness (QED) is 0.794. The molecule has 1 aromatic heterocycles. The van der Waals surface area contributed by atoms with E-state index in [4.69, 9.17) is 0 Å². The molecule has 0 fully saturated rings. The summed E-state index contributed by atoms with van der Waals surface area (Å²) in [5.74, 6) is -1.03. The Labute approximate surface area is 97.3 Å². The topological polar surface area (TPSA) is 66.8 Å². The fourth-order valence-corrected chi connectivity index (χ4v) is 2.28. The van der Waals surface area contributed by atoms with Crippen molar-refractivity contribution in [2.45, 2.75) is 6.92 Å². The molecule has 1 heterocycles. The lowest BCUT2D eigenvalue weighted by molar-refractivity contribution is 0.0605. The van der Waals surface area contributed by atoms with Gasteiger partial charge in [-0.15, -0.1) is 11.3 Å². The number of rotatable bonds is 2. The van der Waals surface area contributed by atoms with Crippen LogP contribution in [0.4, 0.5) is 0 Å². The molecule has 16 heavy (non-hydrogen) atoms. The standard InChI is InChI=1S/C10H13NO4S/c1-5-6(12)8(9(13)11(2)3)16-7(5)10(14)15-4/h12H,1-4H3. The van der Waals surface area contributed by atoms with Crippen molar-refractivity contribution in [2.24, 2.45) is 0 Å². The van der Waals surface area contributed by atoms with Crippen molar-refractivity contribution in [3.05, 3.63) is 15.3 Å². The fourth-order valence-electron chi connectivity index (χ4n) is 1.14. The molecule has 0 radical (unpaired) electrons. The van der Waals surface area contributed by atoms with E-state index in [0.717, 1.165) is 11.3 Å². The van der Waals surface area contributed by atoms with Gasteiger partial charge in [-0.3, -0.25) is 4.79 Å². The van der Waals surface area contributed by atoms with Gasteiger partial charge in [0.25, 0.3) is 5.91 Å². The second-order valence-electron chi connectivity index (χ2n) is 3.43. The zero-order chi connectivity index (χ0) is 12.5. The summed E-state index contributed by atoms with van der Waals surface area (Å²) in [6.07, 6.45) is 0. The van der Waals surface area contributed by atoms with Crippen LogP contribution >= 0.6 is 11.3 Å². The largest absolute Gasteiger partial charge is 0.506 e. The van der Waals surface area contributed by atoms with Crippen LogP contribution in [0.25, 0.3) is 0 Å². The van der Waals surface area contributed by atoms with Gasteiger partial charge in [-0.05, 0) is 6.92 Å². The summed E-state index contributed by atoms with van der Waals surface area (Å²) in [5.41, 5.74) is 0.377. The van der Waals surface area contributed by atoms with Gasteiger partial charge in [-0.25, -0.2) is 4.79 Å². The van der Waals surface area contributed by atoms with Gasteiger partial charge in [0.05, 0.1) is 7.11 Å². The van der Waals surface area contributed by atoms with E-state index in [-0.39, 0.29) is 21.4 Å². The molecule has 0 saturated heterocycles. The number of esters is 1. The van der Waals surface area contributed by atoms with Crippen LogP contribution in [0.2, 0.25) is 0 Å². The Hall–Kier alpha value is -1.56. The molecule has 88 valence electrons. The number of aromatic hydroxyl groups is 1. The van der Waals surface area contributed by atoms with Gasteiger partial charge in [0.1, 0.15) is 15.5 Å². The monoisotopic (exact) mass is 243 g/mol. The van der Waals surface area contributed by atoms with Crippen molar-refractivity contribution < 1.29 is 19.4 Å². The Morgan fingerprint density at radius 2 is 1.88 bits per heavy atom. The number of hydrogen-bond donors (Lipinski definition) is 1. The van der Waals surface area contributed by atoms with Crippen molar-refractivity contribution in [3.63, 3.8) is 0 Å². The van der Waals surface area contributed by atoms with Gasteiger partial charge in [-0.2, -0.15) is 0 Å². The Morgan fingerprint density at radius 1 is 1.31 bits per heavy atom. The van der Waals surface area contributed by atoms with Gasteiger partial charge in [0.2, 0.25) is 0 Å². The van der Waals surface area contributed by atoms with Crippen LogP contribution in [0.15, 0.2) is 0 Å². The summed E-state index contributed by atoms with van der Waals surface area (Å²) >= 11 is 0.939. The predicted molar refractivity (Wildman–Crippen MR) is 60.1 cm³/mol. The molecule has 0 bridgehead atoms. The SMILES string of the molecule is COC(=O)c1sc(C(=O)N(C)C)c(O)c1C. The number of hydrogen-bond acceptors (Lipinski definition) is 5. The lowest BCUT2D eigenvalue weighted by Crippen LogP contribution is -2.20. The highest BCUT2D eigenvalue weighted by atomic mass is 32.1. The van der Waals surface area contributed by atoms with Crippen molar-refractivity contribution >= 4 is 23.2 Å². The summed E-state index contributed by atoms with van der Waals surface area (Å²) in [5, 5.41) is 9.74. The van der Waals surface area contributed by atoms with Crippen LogP contribution in [0.3, 0.4) is 0 Å². The maximum absolute atomic E-state index is 11.7.